The molecular formula is C19H22FN3O4. The fourth-order valence-electron chi connectivity index (χ4n) is 3.80. The third-order valence-corrected chi connectivity index (χ3v) is 5.20. The zero-order valence-corrected chi connectivity index (χ0v) is 15.1. The molecule has 1 saturated carbocycles. The molecule has 1 saturated heterocycles. The SMILES string of the molecule is CCOc1c(N2CC[C@H](N)C2)c(F)cc2c(=O)c(C(=O)O)cn(C3CC3)c12. The highest BCUT2D eigenvalue weighted by molar-refractivity contribution is 5.97. The predicted molar refractivity (Wildman–Crippen MR) is 99.4 cm³/mol. The van der Waals surface area contributed by atoms with Crippen molar-refractivity contribution in [3.63, 3.8) is 0 Å². The van der Waals surface area contributed by atoms with Crippen molar-refractivity contribution >= 4 is 22.6 Å². The van der Waals surface area contributed by atoms with Crippen molar-refractivity contribution in [2.75, 3.05) is 24.6 Å². The molecule has 0 spiro atoms. The van der Waals surface area contributed by atoms with E-state index in [1.807, 2.05) is 4.90 Å². The predicted octanol–water partition coefficient (Wildman–Crippen LogP) is 2.11. The summed E-state index contributed by atoms with van der Waals surface area (Å²) in [5.74, 6) is -1.62. The van der Waals surface area contributed by atoms with Gasteiger partial charge in [-0.2, -0.15) is 0 Å². The zero-order chi connectivity index (χ0) is 19.3. The number of hydrogen-bond acceptors (Lipinski definition) is 5. The van der Waals surface area contributed by atoms with Gasteiger partial charge in [0.15, 0.2) is 11.6 Å². The second-order valence-corrected chi connectivity index (χ2v) is 7.18. The van der Waals surface area contributed by atoms with Gasteiger partial charge < -0.3 is 25.0 Å². The van der Waals surface area contributed by atoms with Gasteiger partial charge in [0.25, 0.3) is 0 Å². The lowest BCUT2D eigenvalue weighted by Gasteiger charge is -2.25. The van der Waals surface area contributed by atoms with E-state index in [-0.39, 0.29) is 23.0 Å². The lowest BCUT2D eigenvalue weighted by molar-refractivity contribution is 0.0695. The summed E-state index contributed by atoms with van der Waals surface area (Å²) >= 11 is 0. The quantitative estimate of drug-likeness (QED) is 0.831. The molecule has 1 aromatic heterocycles. The number of carbonyl (C=O) groups is 1. The van der Waals surface area contributed by atoms with Gasteiger partial charge in [-0.05, 0) is 32.3 Å². The van der Waals surface area contributed by atoms with Gasteiger partial charge in [0.05, 0.1) is 17.5 Å². The normalized spacial score (nSPS) is 19.7. The lowest BCUT2D eigenvalue weighted by atomic mass is 10.1. The number of aromatic carboxylic acids is 1. The van der Waals surface area contributed by atoms with Crippen molar-refractivity contribution in [1.29, 1.82) is 0 Å². The van der Waals surface area contributed by atoms with Crippen LogP contribution in [0.2, 0.25) is 0 Å². The van der Waals surface area contributed by atoms with Gasteiger partial charge in [0.2, 0.25) is 5.43 Å². The Hall–Kier alpha value is -2.61. The van der Waals surface area contributed by atoms with E-state index in [9.17, 15) is 14.7 Å². The van der Waals surface area contributed by atoms with Gasteiger partial charge in [-0.1, -0.05) is 0 Å². The second-order valence-electron chi connectivity index (χ2n) is 7.18. The number of nitrogens with zero attached hydrogens (tertiary/aromatic N) is 2. The minimum absolute atomic E-state index is 0.0370. The number of anilines is 1. The third kappa shape index (κ3) is 2.93. The average Bonchev–Trinajstić information content (AvgIpc) is 3.37. The highest BCUT2D eigenvalue weighted by Gasteiger charge is 2.32. The molecule has 7 nitrogen and oxygen atoms in total. The van der Waals surface area contributed by atoms with Gasteiger partial charge in [-0.25, -0.2) is 9.18 Å². The summed E-state index contributed by atoms with van der Waals surface area (Å²) < 4.78 is 22.7. The Morgan fingerprint density at radius 1 is 1.41 bits per heavy atom. The van der Waals surface area contributed by atoms with Crippen molar-refractivity contribution in [2.45, 2.75) is 38.3 Å². The molecule has 27 heavy (non-hydrogen) atoms. The molecule has 0 unspecified atom stereocenters. The summed E-state index contributed by atoms with van der Waals surface area (Å²) in [6.07, 6.45) is 3.87. The van der Waals surface area contributed by atoms with E-state index in [1.54, 1.807) is 11.5 Å². The highest BCUT2D eigenvalue weighted by Crippen LogP contribution is 2.44. The van der Waals surface area contributed by atoms with E-state index in [2.05, 4.69) is 0 Å². The van der Waals surface area contributed by atoms with Crippen LogP contribution >= 0.6 is 0 Å². The molecule has 0 bridgehead atoms. The van der Waals surface area contributed by atoms with E-state index in [0.29, 0.717) is 36.6 Å². The number of carboxylic acids is 1. The van der Waals surface area contributed by atoms with Crippen molar-refractivity contribution in [2.24, 2.45) is 5.73 Å². The number of rotatable bonds is 5. The molecule has 2 aliphatic rings. The smallest absolute Gasteiger partial charge is 0.341 e. The van der Waals surface area contributed by atoms with Crippen LogP contribution in [-0.4, -0.2) is 41.4 Å². The number of pyridine rings is 1. The molecule has 3 N–H and O–H groups in total. The highest BCUT2D eigenvalue weighted by atomic mass is 19.1. The van der Waals surface area contributed by atoms with Crippen LogP contribution in [0.15, 0.2) is 17.1 Å². The van der Waals surface area contributed by atoms with Crippen LogP contribution in [0, 0.1) is 5.82 Å². The molecule has 0 radical (unpaired) electrons. The number of halogens is 1. The molecule has 0 amide bonds. The Labute approximate surface area is 155 Å². The van der Waals surface area contributed by atoms with E-state index < -0.39 is 17.2 Å². The molecule has 4 rings (SSSR count). The number of carboxylic acid groups (broad SMARTS) is 1. The molecule has 1 atom stereocenters. The molecule has 2 heterocycles. The summed E-state index contributed by atoms with van der Waals surface area (Å²) in [6.45, 7) is 3.19. The molecule has 8 heteroatoms. The number of aromatic nitrogens is 1. The van der Waals surface area contributed by atoms with Crippen LogP contribution in [0.3, 0.4) is 0 Å². The van der Waals surface area contributed by atoms with Crippen LogP contribution < -0.4 is 20.8 Å². The van der Waals surface area contributed by atoms with Crippen LogP contribution in [0.4, 0.5) is 10.1 Å². The van der Waals surface area contributed by atoms with Gasteiger partial charge in [-0.3, -0.25) is 4.79 Å². The first kappa shape index (κ1) is 17.8. The van der Waals surface area contributed by atoms with E-state index >= 15 is 4.39 Å². The number of ether oxygens (including phenoxy) is 1. The number of hydrogen-bond donors (Lipinski definition) is 2. The maximum absolute atomic E-state index is 15.1. The monoisotopic (exact) mass is 375 g/mol. The largest absolute Gasteiger partial charge is 0.489 e. The average molecular weight is 375 g/mol. The summed E-state index contributed by atoms with van der Waals surface area (Å²) in [5, 5.41) is 9.43. The Balaban J connectivity index is 2.06. The molecule has 1 aliphatic heterocycles. The van der Waals surface area contributed by atoms with E-state index in [0.717, 1.165) is 25.3 Å². The molecule has 1 aromatic carbocycles. The second kappa shape index (κ2) is 6.53. The van der Waals surface area contributed by atoms with E-state index in [4.69, 9.17) is 10.5 Å². The van der Waals surface area contributed by atoms with Crippen LogP contribution in [0.5, 0.6) is 5.75 Å². The number of nitrogens with two attached hydrogens (primary N) is 1. The van der Waals surface area contributed by atoms with Crippen LogP contribution in [0.1, 0.15) is 42.6 Å². The summed E-state index contributed by atoms with van der Waals surface area (Å²) in [5.41, 5.74) is 5.70. The van der Waals surface area contributed by atoms with Crippen molar-refractivity contribution in [3.05, 3.63) is 33.9 Å². The third-order valence-electron chi connectivity index (χ3n) is 5.20. The van der Waals surface area contributed by atoms with Gasteiger partial charge in [-0.15, -0.1) is 0 Å². The standard InChI is InChI=1S/C19H22FN3O4/c1-2-27-18-15-12(7-14(20)16(18)22-6-5-10(21)8-22)17(24)13(19(25)26)9-23(15)11-3-4-11/h7,9-11H,2-6,8,21H2,1H3,(H,25,26)/t10-/m0/s1. The van der Waals surface area contributed by atoms with Crippen LogP contribution in [0.25, 0.3) is 10.9 Å². The fourth-order valence-corrected chi connectivity index (χ4v) is 3.80. The molecule has 144 valence electrons. The van der Waals surface area contributed by atoms with Crippen molar-refractivity contribution in [3.8, 4) is 5.75 Å². The lowest BCUT2D eigenvalue weighted by Crippen LogP contribution is -2.28. The van der Waals surface area contributed by atoms with Gasteiger partial charge in [0, 0.05) is 31.4 Å². The first-order valence-electron chi connectivity index (χ1n) is 9.20. The molecule has 1 aliphatic carbocycles. The number of benzene rings is 1. The Morgan fingerprint density at radius 3 is 2.70 bits per heavy atom. The topological polar surface area (TPSA) is 97.8 Å². The summed E-state index contributed by atoms with van der Waals surface area (Å²) in [7, 11) is 0. The van der Waals surface area contributed by atoms with Crippen molar-refractivity contribution < 1.29 is 19.0 Å². The van der Waals surface area contributed by atoms with Gasteiger partial charge >= 0.3 is 5.97 Å². The summed E-state index contributed by atoms with van der Waals surface area (Å²) in [4.78, 5) is 26.1. The van der Waals surface area contributed by atoms with Crippen molar-refractivity contribution in [1.82, 2.24) is 4.57 Å². The van der Waals surface area contributed by atoms with Crippen LogP contribution in [-0.2, 0) is 0 Å². The first-order chi connectivity index (χ1) is 12.9. The van der Waals surface area contributed by atoms with E-state index in [1.165, 1.54) is 6.20 Å². The molecule has 2 aromatic rings. The Kier molecular flexibility index (Phi) is 4.30. The van der Waals surface area contributed by atoms with Gasteiger partial charge in [0.1, 0.15) is 11.3 Å². The summed E-state index contributed by atoms with van der Waals surface area (Å²) in [6, 6.07) is 1.18. The fraction of sp³-hybridized carbons (Fsp3) is 0.474. The maximum Gasteiger partial charge on any atom is 0.341 e. The first-order valence-corrected chi connectivity index (χ1v) is 9.20. The Morgan fingerprint density at radius 2 is 2.15 bits per heavy atom. The maximum atomic E-state index is 15.1. The minimum atomic E-state index is -1.32. The number of fused-ring (bicyclic) bond motifs is 1. The molecule has 2 fully saturated rings. The Bertz CT molecular complexity index is 983. The zero-order valence-electron chi connectivity index (χ0n) is 15.1. The minimum Gasteiger partial charge on any atom is -0.489 e. The molecular weight excluding hydrogens is 353 g/mol.